The molecule has 0 amide bonds. The average Bonchev–Trinajstić information content (AvgIpc) is 2.74. The van der Waals surface area contributed by atoms with Gasteiger partial charge in [0.2, 0.25) is 0 Å². The van der Waals surface area contributed by atoms with Crippen molar-refractivity contribution in [1.29, 1.82) is 0 Å². The molecule has 1 N–H and O–H groups in total. The molecular formula is C14H20BrNO. The van der Waals surface area contributed by atoms with Crippen molar-refractivity contribution in [2.75, 3.05) is 13.2 Å². The van der Waals surface area contributed by atoms with Crippen molar-refractivity contribution in [3.05, 3.63) is 27.7 Å². The summed E-state index contributed by atoms with van der Waals surface area (Å²) >= 11 is 3.58. The summed E-state index contributed by atoms with van der Waals surface area (Å²) in [7, 11) is 0. The second-order valence-corrected chi connectivity index (χ2v) is 5.63. The summed E-state index contributed by atoms with van der Waals surface area (Å²) in [6.45, 7) is 6.34. The molecular weight excluding hydrogens is 278 g/mol. The molecule has 2 rings (SSSR count). The van der Waals surface area contributed by atoms with Crippen LogP contribution in [0.2, 0.25) is 0 Å². The molecule has 1 atom stereocenters. The van der Waals surface area contributed by atoms with Crippen LogP contribution in [0.4, 0.5) is 0 Å². The largest absolute Gasteiger partial charge is 0.493 e. The molecule has 0 radical (unpaired) electrons. The fourth-order valence-electron chi connectivity index (χ4n) is 2.29. The van der Waals surface area contributed by atoms with E-state index in [-0.39, 0.29) is 0 Å². The molecule has 1 unspecified atom stereocenters. The van der Waals surface area contributed by atoms with Crippen LogP contribution in [0.5, 0.6) is 5.75 Å². The normalized spacial score (nSPS) is 15.5. The second kappa shape index (κ2) is 5.87. The Morgan fingerprint density at radius 3 is 3.06 bits per heavy atom. The molecule has 0 aliphatic carbocycles. The van der Waals surface area contributed by atoms with Gasteiger partial charge in [-0.05, 0) is 49.6 Å². The minimum Gasteiger partial charge on any atom is -0.493 e. The lowest BCUT2D eigenvalue weighted by Gasteiger charge is -2.15. The van der Waals surface area contributed by atoms with Gasteiger partial charge in [-0.25, -0.2) is 0 Å². The maximum atomic E-state index is 5.74. The molecule has 1 heterocycles. The Balaban J connectivity index is 2.10. The zero-order chi connectivity index (χ0) is 12.3. The first-order valence-electron chi connectivity index (χ1n) is 6.38. The molecule has 94 valence electrons. The first-order valence-corrected chi connectivity index (χ1v) is 7.17. The van der Waals surface area contributed by atoms with E-state index in [2.05, 4.69) is 47.2 Å². The Kier molecular flexibility index (Phi) is 4.46. The average molecular weight is 298 g/mol. The number of rotatable bonds is 5. The Hall–Kier alpha value is -0.540. The molecule has 1 aliphatic heterocycles. The van der Waals surface area contributed by atoms with Crippen LogP contribution in [-0.2, 0) is 12.8 Å². The monoisotopic (exact) mass is 297 g/mol. The van der Waals surface area contributed by atoms with Crippen LogP contribution in [0.1, 0.15) is 31.4 Å². The fourth-order valence-corrected chi connectivity index (χ4v) is 2.84. The van der Waals surface area contributed by atoms with Gasteiger partial charge in [0, 0.05) is 16.9 Å². The van der Waals surface area contributed by atoms with Gasteiger partial charge in [0.05, 0.1) is 6.61 Å². The summed E-state index contributed by atoms with van der Waals surface area (Å²) in [5.41, 5.74) is 2.67. The Labute approximate surface area is 112 Å². The highest BCUT2D eigenvalue weighted by atomic mass is 79.9. The van der Waals surface area contributed by atoms with Gasteiger partial charge in [0.1, 0.15) is 5.75 Å². The lowest BCUT2D eigenvalue weighted by Crippen LogP contribution is -2.28. The standard InChI is InChI=1S/C14H20BrNO/c1-3-5-16-10(2)7-12-9-13(15)8-11-4-6-17-14(11)12/h8-10,16H,3-7H2,1-2H3. The number of hydrogen-bond donors (Lipinski definition) is 1. The summed E-state index contributed by atoms with van der Waals surface area (Å²) in [5.74, 6) is 1.12. The van der Waals surface area contributed by atoms with Crippen molar-refractivity contribution in [2.24, 2.45) is 0 Å². The zero-order valence-electron chi connectivity index (χ0n) is 10.6. The fraction of sp³-hybridized carbons (Fsp3) is 0.571. The van der Waals surface area contributed by atoms with Crippen LogP contribution in [0.25, 0.3) is 0 Å². The minimum absolute atomic E-state index is 0.498. The molecule has 3 heteroatoms. The summed E-state index contributed by atoms with van der Waals surface area (Å²) < 4.78 is 6.91. The highest BCUT2D eigenvalue weighted by Crippen LogP contribution is 2.33. The summed E-state index contributed by atoms with van der Waals surface area (Å²) in [6.07, 6.45) is 3.25. The predicted octanol–water partition coefficient (Wildman–Crippen LogP) is 3.31. The molecule has 1 aromatic carbocycles. The van der Waals surface area contributed by atoms with Crippen molar-refractivity contribution >= 4 is 15.9 Å². The van der Waals surface area contributed by atoms with Crippen molar-refractivity contribution < 1.29 is 4.74 Å². The molecule has 17 heavy (non-hydrogen) atoms. The van der Waals surface area contributed by atoms with Crippen molar-refractivity contribution in [3.8, 4) is 5.75 Å². The summed E-state index contributed by atoms with van der Waals surface area (Å²) in [6, 6.07) is 4.86. The number of fused-ring (bicyclic) bond motifs is 1. The molecule has 0 bridgehead atoms. The Bertz CT molecular complexity index is 392. The molecule has 0 fully saturated rings. The van der Waals surface area contributed by atoms with Crippen LogP contribution >= 0.6 is 15.9 Å². The third-order valence-corrected chi connectivity index (χ3v) is 3.55. The third kappa shape index (κ3) is 3.23. The van der Waals surface area contributed by atoms with E-state index < -0.39 is 0 Å². The van der Waals surface area contributed by atoms with Crippen molar-refractivity contribution in [1.82, 2.24) is 5.32 Å². The molecule has 0 aromatic heterocycles. The SMILES string of the molecule is CCCNC(C)Cc1cc(Br)cc2c1OCC2. The van der Waals surface area contributed by atoms with Crippen LogP contribution in [0.15, 0.2) is 16.6 Å². The predicted molar refractivity (Wildman–Crippen MR) is 74.8 cm³/mol. The summed E-state index contributed by atoms with van der Waals surface area (Å²) in [4.78, 5) is 0. The number of benzene rings is 1. The maximum Gasteiger partial charge on any atom is 0.125 e. The van der Waals surface area contributed by atoms with Gasteiger partial charge in [-0.2, -0.15) is 0 Å². The summed E-state index contributed by atoms with van der Waals surface area (Å²) in [5, 5.41) is 3.52. The molecule has 0 saturated carbocycles. The van der Waals surface area contributed by atoms with E-state index in [0.29, 0.717) is 6.04 Å². The van der Waals surface area contributed by atoms with Gasteiger partial charge in [-0.15, -0.1) is 0 Å². The van der Waals surface area contributed by atoms with E-state index in [4.69, 9.17) is 4.74 Å². The van der Waals surface area contributed by atoms with Gasteiger partial charge >= 0.3 is 0 Å². The van der Waals surface area contributed by atoms with Gasteiger partial charge in [-0.1, -0.05) is 22.9 Å². The Morgan fingerprint density at radius 1 is 1.47 bits per heavy atom. The van der Waals surface area contributed by atoms with E-state index in [1.54, 1.807) is 0 Å². The van der Waals surface area contributed by atoms with E-state index >= 15 is 0 Å². The van der Waals surface area contributed by atoms with Crippen LogP contribution in [-0.4, -0.2) is 19.2 Å². The maximum absolute atomic E-state index is 5.74. The van der Waals surface area contributed by atoms with Crippen LogP contribution in [0, 0.1) is 0 Å². The molecule has 1 aromatic rings. The van der Waals surface area contributed by atoms with E-state index in [1.165, 1.54) is 22.0 Å². The Morgan fingerprint density at radius 2 is 2.29 bits per heavy atom. The first kappa shape index (κ1) is 12.9. The van der Waals surface area contributed by atoms with Gasteiger partial charge in [0.25, 0.3) is 0 Å². The molecule has 2 nitrogen and oxygen atoms in total. The number of nitrogens with one attached hydrogen (secondary N) is 1. The zero-order valence-corrected chi connectivity index (χ0v) is 12.1. The van der Waals surface area contributed by atoms with Gasteiger partial charge in [0.15, 0.2) is 0 Å². The van der Waals surface area contributed by atoms with Crippen LogP contribution < -0.4 is 10.1 Å². The third-order valence-electron chi connectivity index (χ3n) is 3.09. The quantitative estimate of drug-likeness (QED) is 0.900. The van der Waals surface area contributed by atoms with E-state index in [0.717, 1.165) is 31.7 Å². The number of ether oxygens (including phenoxy) is 1. The molecule has 1 aliphatic rings. The van der Waals surface area contributed by atoms with Crippen molar-refractivity contribution in [2.45, 2.75) is 39.2 Å². The lowest BCUT2D eigenvalue weighted by molar-refractivity contribution is 0.352. The topological polar surface area (TPSA) is 21.3 Å². The van der Waals surface area contributed by atoms with E-state index in [9.17, 15) is 0 Å². The van der Waals surface area contributed by atoms with E-state index in [1.807, 2.05) is 0 Å². The van der Waals surface area contributed by atoms with Gasteiger partial charge < -0.3 is 10.1 Å². The van der Waals surface area contributed by atoms with Gasteiger partial charge in [-0.3, -0.25) is 0 Å². The first-order chi connectivity index (χ1) is 8.20. The molecule has 0 saturated heterocycles. The lowest BCUT2D eigenvalue weighted by atomic mass is 10.0. The molecule has 0 spiro atoms. The van der Waals surface area contributed by atoms with Crippen LogP contribution in [0.3, 0.4) is 0 Å². The second-order valence-electron chi connectivity index (χ2n) is 4.71. The van der Waals surface area contributed by atoms with Crippen molar-refractivity contribution in [3.63, 3.8) is 0 Å². The highest BCUT2D eigenvalue weighted by molar-refractivity contribution is 9.10. The smallest absolute Gasteiger partial charge is 0.125 e. The highest BCUT2D eigenvalue weighted by Gasteiger charge is 2.18. The minimum atomic E-state index is 0.498. The number of hydrogen-bond acceptors (Lipinski definition) is 2. The number of halogens is 1.